The first kappa shape index (κ1) is 36.1. The minimum Gasteiger partial charge on any atom is -0.472 e. The van der Waals surface area contributed by atoms with Crippen molar-refractivity contribution in [1.29, 1.82) is 0 Å². The predicted octanol–water partition coefficient (Wildman–Crippen LogP) is 3.92. The molecule has 5 rings (SSSR count). The average molecular weight is 689 g/mol. The van der Waals surface area contributed by atoms with E-state index in [0.29, 0.717) is 5.56 Å². The van der Waals surface area contributed by atoms with Crippen LogP contribution in [0.15, 0.2) is 34.7 Å². The van der Waals surface area contributed by atoms with Crippen molar-refractivity contribution < 1.29 is 66.7 Å². The smallest absolute Gasteiger partial charge is 0.472 e. The molecule has 2 heterocycles. The van der Waals surface area contributed by atoms with Gasteiger partial charge in [-0.25, -0.2) is 9.59 Å². The Hall–Kier alpha value is -4.20. The maximum atomic E-state index is 15.1. The van der Waals surface area contributed by atoms with Gasteiger partial charge in [-0.05, 0) is 44.2 Å². The van der Waals surface area contributed by atoms with Crippen molar-refractivity contribution in [2.45, 2.75) is 110 Å². The second kappa shape index (κ2) is 12.0. The van der Waals surface area contributed by atoms with Crippen LogP contribution in [0.5, 0.6) is 0 Å². The molecule has 0 saturated heterocycles. The summed E-state index contributed by atoms with van der Waals surface area (Å²) in [6.07, 6.45) is -2.89. The van der Waals surface area contributed by atoms with Crippen LogP contribution in [-0.2, 0) is 52.4 Å². The van der Waals surface area contributed by atoms with Crippen LogP contribution in [0.2, 0.25) is 0 Å². The van der Waals surface area contributed by atoms with Crippen LogP contribution >= 0.6 is 0 Å². The molecule has 49 heavy (non-hydrogen) atoms. The van der Waals surface area contributed by atoms with Crippen LogP contribution in [0.1, 0.15) is 86.3 Å². The zero-order valence-electron chi connectivity index (χ0n) is 29.1. The number of aliphatic hydroxyl groups is 1. The van der Waals surface area contributed by atoms with Crippen molar-refractivity contribution in [1.82, 2.24) is 0 Å². The number of methoxy groups -OCH3 is 1. The summed E-state index contributed by atoms with van der Waals surface area (Å²) in [6, 6.07) is 1.61. The van der Waals surface area contributed by atoms with E-state index in [-0.39, 0.29) is 24.8 Å². The number of fused-ring (bicyclic) bond motifs is 6. The van der Waals surface area contributed by atoms with Crippen LogP contribution in [0.3, 0.4) is 0 Å². The Labute approximate surface area is 283 Å². The number of cyclic esters (lactones) is 1. The van der Waals surface area contributed by atoms with Crippen LogP contribution < -0.4 is 0 Å². The number of hydrogen-bond donors (Lipinski definition) is 1. The van der Waals surface area contributed by atoms with E-state index >= 15 is 4.79 Å². The SMILES string of the molecule is COC(=O)C[C@H]1C(C)(C)[C@H](OC(C)=O)[C@]2(O)C(=O)[C@@]1(C)[C@H]1CC[C@]3(C)C(=CC(=O)O[C@H]3c3ccoc3)[C@@]1(OC(=O)OC(C)C)[C@@H]2OC(C)=O. The third-order valence-corrected chi connectivity index (χ3v) is 11.2. The number of carbonyl (C=O) groups is 6. The van der Waals surface area contributed by atoms with E-state index < -0.39 is 99.5 Å². The molecule has 1 aliphatic heterocycles. The van der Waals surface area contributed by atoms with Gasteiger partial charge in [0, 0.05) is 54.1 Å². The Balaban J connectivity index is 1.93. The summed E-state index contributed by atoms with van der Waals surface area (Å²) >= 11 is 0. The molecule has 14 nitrogen and oxygen atoms in total. The van der Waals surface area contributed by atoms with Gasteiger partial charge >= 0.3 is 30.0 Å². The number of hydrogen-bond acceptors (Lipinski definition) is 14. The molecule has 9 atom stereocenters. The molecule has 0 amide bonds. The molecule has 3 aliphatic carbocycles. The van der Waals surface area contributed by atoms with Crippen LogP contribution in [0.25, 0.3) is 0 Å². The van der Waals surface area contributed by atoms with Crippen molar-refractivity contribution in [2.75, 3.05) is 7.11 Å². The number of rotatable bonds is 7. The lowest BCUT2D eigenvalue weighted by atomic mass is 9.35. The first-order chi connectivity index (χ1) is 22.7. The number of Topliss-reactive ketones (excluding diaryl/α,β-unsaturated/α-hetero) is 1. The van der Waals surface area contributed by atoms with Gasteiger partial charge in [0.15, 0.2) is 17.5 Å². The molecule has 0 radical (unpaired) electrons. The van der Waals surface area contributed by atoms with Crippen LogP contribution in [0, 0.1) is 28.1 Å². The zero-order valence-corrected chi connectivity index (χ0v) is 29.1. The van der Waals surface area contributed by atoms with Gasteiger partial charge in [0.05, 0.1) is 25.7 Å². The molecular weight excluding hydrogens is 644 g/mol. The minimum atomic E-state index is -2.89. The Morgan fingerprint density at radius 2 is 1.65 bits per heavy atom. The highest BCUT2D eigenvalue weighted by Crippen LogP contribution is 2.72. The highest BCUT2D eigenvalue weighted by Gasteiger charge is 2.85. The van der Waals surface area contributed by atoms with Gasteiger partial charge in [-0.1, -0.05) is 27.7 Å². The van der Waals surface area contributed by atoms with Gasteiger partial charge in [-0.15, -0.1) is 0 Å². The van der Waals surface area contributed by atoms with Crippen molar-refractivity contribution in [3.05, 3.63) is 35.8 Å². The molecule has 0 unspecified atom stereocenters. The van der Waals surface area contributed by atoms with Crippen molar-refractivity contribution in [3.8, 4) is 0 Å². The molecule has 4 aliphatic rings. The molecule has 1 aromatic heterocycles. The number of furan rings is 1. The Morgan fingerprint density at radius 3 is 2.20 bits per heavy atom. The molecule has 268 valence electrons. The first-order valence-electron chi connectivity index (χ1n) is 16.3. The van der Waals surface area contributed by atoms with Crippen molar-refractivity contribution in [2.24, 2.45) is 28.1 Å². The van der Waals surface area contributed by atoms with Crippen LogP contribution in [-0.4, -0.2) is 77.5 Å². The van der Waals surface area contributed by atoms with E-state index in [1.165, 1.54) is 19.6 Å². The van der Waals surface area contributed by atoms with Crippen molar-refractivity contribution >= 4 is 35.8 Å². The highest BCUT2D eigenvalue weighted by molar-refractivity contribution is 5.99. The summed E-state index contributed by atoms with van der Waals surface area (Å²) in [4.78, 5) is 81.4. The molecule has 3 fully saturated rings. The van der Waals surface area contributed by atoms with E-state index in [1.807, 2.05) is 0 Å². The maximum absolute atomic E-state index is 15.1. The summed E-state index contributed by atoms with van der Waals surface area (Å²) in [5.41, 5.74) is -8.97. The Kier molecular flexibility index (Phi) is 8.83. The van der Waals surface area contributed by atoms with Crippen molar-refractivity contribution in [3.63, 3.8) is 0 Å². The van der Waals surface area contributed by atoms with E-state index in [1.54, 1.807) is 47.6 Å². The van der Waals surface area contributed by atoms with E-state index in [4.69, 9.17) is 32.8 Å². The highest BCUT2D eigenvalue weighted by atomic mass is 16.7. The topological polar surface area (TPSA) is 191 Å². The molecular formula is C35H44O14. The largest absolute Gasteiger partial charge is 0.509 e. The monoisotopic (exact) mass is 688 g/mol. The van der Waals surface area contributed by atoms with Gasteiger partial charge in [0.1, 0.15) is 12.2 Å². The standard InChI is InChI=1S/C35H44O14/c1-17(2)45-30(41)49-35-21(10-12-32(7)23(35)15-25(39)48-26(32)20-11-13-44-16-20)33(8)22(14-24(38)43-9)31(5,6)28(46-18(3)36)34(42,27(33)40)29(35)47-19(4)37/h11,13,15-17,21-22,26,28-29,42H,10,12,14H2,1-9H3/t21-,22+,26+,28+,29-,32-,33+,34-,35-/m1/s1. The number of ether oxygens (including phenoxy) is 6. The average Bonchev–Trinajstić information content (AvgIpc) is 3.53. The summed E-state index contributed by atoms with van der Waals surface area (Å²) < 4.78 is 39.8. The van der Waals surface area contributed by atoms with E-state index in [9.17, 15) is 29.1 Å². The summed E-state index contributed by atoms with van der Waals surface area (Å²) in [6.45, 7) is 11.9. The normalized spacial score (nSPS) is 37.4. The molecule has 14 heteroatoms. The molecule has 0 aromatic carbocycles. The maximum Gasteiger partial charge on any atom is 0.509 e. The van der Waals surface area contributed by atoms with Gasteiger partial charge in [0.2, 0.25) is 5.60 Å². The number of carbonyl (C=O) groups excluding carboxylic acids is 6. The van der Waals surface area contributed by atoms with Gasteiger partial charge in [0.25, 0.3) is 0 Å². The lowest BCUT2D eigenvalue weighted by Crippen LogP contribution is -2.86. The van der Waals surface area contributed by atoms with Crippen LogP contribution in [0.4, 0.5) is 4.79 Å². The van der Waals surface area contributed by atoms with Gasteiger partial charge < -0.3 is 37.9 Å². The third-order valence-electron chi connectivity index (χ3n) is 11.2. The lowest BCUT2D eigenvalue weighted by Gasteiger charge is -2.71. The fourth-order valence-corrected chi connectivity index (χ4v) is 9.53. The quantitative estimate of drug-likeness (QED) is 0.320. The number of esters is 4. The fourth-order valence-electron chi connectivity index (χ4n) is 9.53. The zero-order chi connectivity index (χ0) is 36.5. The Bertz CT molecular complexity index is 1590. The molecule has 2 bridgehead atoms. The molecule has 3 saturated carbocycles. The van der Waals surface area contributed by atoms with Gasteiger partial charge in [-0.3, -0.25) is 19.2 Å². The second-order valence-electron chi connectivity index (χ2n) is 14.8. The minimum absolute atomic E-state index is 0.0801. The summed E-state index contributed by atoms with van der Waals surface area (Å²) in [5, 5.41) is 13.1. The van der Waals surface area contributed by atoms with E-state index in [2.05, 4.69) is 0 Å². The molecule has 1 aromatic rings. The van der Waals surface area contributed by atoms with E-state index in [0.717, 1.165) is 19.9 Å². The Morgan fingerprint density at radius 1 is 1.02 bits per heavy atom. The number of ketones is 1. The predicted molar refractivity (Wildman–Crippen MR) is 165 cm³/mol. The molecule has 0 spiro atoms. The summed E-state index contributed by atoms with van der Waals surface area (Å²) in [5.74, 6) is -6.42. The third kappa shape index (κ3) is 5.16. The fraction of sp³-hybridized carbons (Fsp3) is 0.657. The lowest BCUT2D eigenvalue weighted by molar-refractivity contribution is -0.313. The van der Waals surface area contributed by atoms with Gasteiger partial charge in [-0.2, -0.15) is 0 Å². The molecule has 1 N–H and O–H groups in total. The second-order valence-corrected chi connectivity index (χ2v) is 14.8. The summed E-state index contributed by atoms with van der Waals surface area (Å²) in [7, 11) is 1.19. The first-order valence-corrected chi connectivity index (χ1v) is 16.3.